The van der Waals surface area contributed by atoms with Crippen LogP contribution >= 0.6 is 11.6 Å². The van der Waals surface area contributed by atoms with Gasteiger partial charge in [0.25, 0.3) is 0 Å². The molecule has 0 spiro atoms. The zero-order chi connectivity index (χ0) is 16.4. The van der Waals surface area contributed by atoms with Crippen LogP contribution < -0.4 is 5.32 Å². The Morgan fingerprint density at radius 2 is 2.00 bits per heavy atom. The van der Waals surface area contributed by atoms with Gasteiger partial charge in [-0.1, -0.05) is 29.8 Å². The lowest BCUT2D eigenvalue weighted by molar-refractivity contribution is 0.0697. The maximum absolute atomic E-state index is 11.0. The number of allylic oxidation sites excluding steroid dienone is 3. The van der Waals surface area contributed by atoms with Gasteiger partial charge < -0.3 is 10.4 Å². The van der Waals surface area contributed by atoms with E-state index < -0.39 is 5.97 Å². The van der Waals surface area contributed by atoms with Gasteiger partial charge in [0, 0.05) is 24.0 Å². The van der Waals surface area contributed by atoms with E-state index in [2.05, 4.69) is 10.3 Å². The van der Waals surface area contributed by atoms with Crippen molar-refractivity contribution in [3.63, 3.8) is 0 Å². The molecule has 0 amide bonds. The van der Waals surface area contributed by atoms with E-state index in [1.807, 2.05) is 25.1 Å². The van der Waals surface area contributed by atoms with E-state index in [0.29, 0.717) is 11.6 Å². The van der Waals surface area contributed by atoms with Crippen molar-refractivity contribution in [3.05, 3.63) is 70.7 Å². The Morgan fingerprint density at radius 1 is 1.26 bits per heavy atom. The zero-order valence-corrected chi connectivity index (χ0v) is 13.3. The van der Waals surface area contributed by atoms with E-state index in [1.54, 1.807) is 30.5 Å². The monoisotopic (exact) mass is 326 g/mol. The van der Waals surface area contributed by atoms with Crippen LogP contribution in [0.4, 0.5) is 0 Å². The maximum atomic E-state index is 11.0. The molecule has 4 nitrogen and oxygen atoms in total. The minimum absolute atomic E-state index is 0.252. The molecule has 23 heavy (non-hydrogen) atoms. The molecule has 0 saturated heterocycles. The molecule has 0 aliphatic carbocycles. The SMILES string of the molecule is CC1=CC=C(c2ncc(Cl)cc2-c2ccc(C(=O)O)cc2)CN1. The Kier molecular flexibility index (Phi) is 4.17. The van der Waals surface area contributed by atoms with Gasteiger partial charge in [-0.25, -0.2) is 4.79 Å². The summed E-state index contributed by atoms with van der Waals surface area (Å²) in [5.74, 6) is -0.944. The van der Waals surface area contributed by atoms with E-state index in [4.69, 9.17) is 16.7 Å². The second kappa shape index (κ2) is 6.26. The number of halogens is 1. The van der Waals surface area contributed by atoms with E-state index >= 15 is 0 Å². The lowest BCUT2D eigenvalue weighted by Gasteiger charge is -2.17. The standard InChI is InChI=1S/C18H15ClN2O2/c1-11-2-3-14(9-20-11)17-16(8-15(19)10-21-17)12-4-6-13(7-5-12)18(22)23/h2-8,10,20H,9H2,1H3,(H,22,23). The van der Waals surface area contributed by atoms with Crippen LogP contribution in [0.5, 0.6) is 0 Å². The Morgan fingerprint density at radius 3 is 2.61 bits per heavy atom. The number of rotatable bonds is 3. The summed E-state index contributed by atoms with van der Waals surface area (Å²) in [6.45, 7) is 2.70. The molecule has 1 aliphatic rings. The van der Waals surface area contributed by atoms with Crippen LogP contribution in [0, 0.1) is 0 Å². The minimum Gasteiger partial charge on any atom is -0.478 e. The van der Waals surface area contributed by atoms with Gasteiger partial charge in [0.1, 0.15) is 0 Å². The van der Waals surface area contributed by atoms with E-state index in [9.17, 15) is 4.79 Å². The highest BCUT2D eigenvalue weighted by atomic mass is 35.5. The second-order valence-electron chi connectivity index (χ2n) is 5.33. The van der Waals surface area contributed by atoms with Crippen LogP contribution in [0.1, 0.15) is 23.0 Å². The van der Waals surface area contributed by atoms with E-state index in [-0.39, 0.29) is 5.56 Å². The van der Waals surface area contributed by atoms with Crippen molar-refractivity contribution in [2.75, 3.05) is 6.54 Å². The van der Waals surface area contributed by atoms with Crippen molar-refractivity contribution >= 4 is 23.1 Å². The molecule has 116 valence electrons. The number of benzene rings is 1. The van der Waals surface area contributed by atoms with Crippen molar-refractivity contribution in [2.45, 2.75) is 6.92 Å². The fourth-order valence-corrected chi connectivity index (χ4v) is 2.61. The van der Waals surface area contributed by atoms with Gasteiger partial charge in [0.15, 0.2) is 0 Å². The summed E-state index contributed by atoms with van der Waals surface area (Å²) < 4.78 is 0. The number of nitrogens with one attached hydrogen (secondary N) is 1. The third-order valence-corrected chi connectivity index (χ3v) is 3.90. The van der Waals surface area contributed by atoms with Crippen molar-refractivity contribution in [1.82, 2.24) is 10.3 Å². The molecule has 0 fully saturated rings. The van der Waals surface area contributed by atoms with Gasteiger partial charge in [-0.2, -0.15) is 0 Å². The Hall–Kier alpha value is -2.59. The van der Waals surface area contributed by atoms with Crippen LogP contribution in [0.2, 0.25) is 5.02 Å². The average Bonchev–Trinajstić information content (AvgIpc) is 2.56. The first-order chi connectivity index (χ1) is 11.0. The topological polar surface area (TPSA) is 62.2 Å². The summed E-state index contributed by atoms with van der Waals surface area (Å²) in [4.78, 5) is 15.5. The Bertz CT molecular complexity index is 823. The molecule has 0 atom stereocenters. The molecule has 0 radical (unpaired) electrons. The summed E-state index contributed by atoms with van der Waals surface area (Å²) in [7, 11) is 0. The van der Waals surface area contributed by atoms with Crippen LogP contribution in [-0.4, -0.2) is 22.6 Å². The first-order valence-electron chi connectivity index (χ1n) is 7.15. The van der Waals surface area contributed by atoms with Gasteiger partial charge in [0.2, 0.25) is 0 Å². The van der Waals surface area contributed by atoms with Gasteiger partial charge in [0.05, 0.1) is 16.3 Å². The number of aromatic nitrogens is 1. The van der Waals surface area contributed by atoms with Crippen molar-refractivity contribution in [2.24, 2.45) is 0 Å². The quantitative estimate of drug-likeness (QED) is 0.895. The first-order valence-corrected chi connectivity index (χ1v) is 7.53. The third-order valence-electron chi connectivity index (χ3n) is 3.69. The van der Waals surface area contributed by atoms with Gasteiger partial charge >= 0.3 is 5.97 Å². The number of carboxylic acids is 1. The Balaban J connectivity index is 2.08. The van der Waals surface area contributed by atoms with Gasteiger partial charge in [-0.3, -0.25) is 4.98 Å². The second-order valence-corrected chi connectivity index (χ2v) is 5.76. The highest BCUT2D eigenvalue weighted by Crippen LogP contribution is 2.30. The summed E-state index contributed by atoms with van der Waals surface area (Å²) in [6.07, 6.45) is 5.67. The molecule has 3 rings (SSSR count). The molecule has 2 heterocycles. The number of nitrogens with zero attached hydrogens (tertiary/aromatic N) is 1. The normalized spacial score (nSPS) is 13.8. The van der Waals surface area contributed by atoms with Gasteiger partial charge in [-0.15, -0.1) is 0 Å². The number of aromatic carboxylic acids is 1. The molecule has 1 aliphatic heterocycles. The predicted octanol–water partition coefficient (Wildman–Crippen LogP) is 3.99. The van der Waals surface area contributed by atoms with Crippen LogP contribution in [-0.2, 0) is 0 Å². The van der Waals surface area contributed by atoms with Crippen LogP contribution in [0.15, 0.2) is 54.4 Å². The number of dihydropyridines is 1. The first kappa shape index (κ1) is 15.3. The lowest BCUT2D eigenvalue weighted by Crippen LogP contribution is -2.18. The highest BCUT2D eigenvalue weighted by Gasteiger charge is 2.14. The Labute approximate surface area is 139 Å². The van der Waals surface area contributed by atoms with E-state index in [1.165, 1.54) is 0 Å². The summed E-state index contributed by atoms with van der Waals surface area (Å²) in [6, 6.07) is 8.57. The molecule has 0 saturated carbocycles. The number of carboxylic acid groups (broad SMARTS) is 1. The zero-order valence-electron chi connectivity index (χ0n) is 12.5. The molecule has 1 aromatic heterocycles. The van der Waals surface area contributed by atoms with Crippen molar-refractivity contribution in [1.29, 1.82) is 0 Å². The molecule has 2 N–H and O–H groups in total. The number of pyridine rings is 1. The molecule has 2 aromatic rings. The van der Waals surface area contributed by atoms with Crippen molar-refractivity contribution in [3.8, 4) is 11.1 Å². The predicted molar refractivity (Wildman–Crippen MR) is 91.4 cm³/mol. The smallest absolute Gasteiger partial charge is 0.335 e. The number of hydrogen-bond acceptors (Lipinski definition) is 3. The molecule has 5 heteroatoms. The average molecular weight is 327 g/mol. The largest absolute Gasteiger partial charge is 0.478 e. The molecular weight excluding hydrogens is 312 g/mol. The molecule has 1 aromatic carbocycles. The molecular formula is C18H15ClN2O2. The summed E-state index contributed by atoms with van der Waals surface area (Å²) in [5.41, 5.74) is 5.03. The fourth-order valence-electron chi connectivity index (χ4n) is 2.45. The van der Waals surface area contributed by atoms with Crippen LogP contribution in [0.25, 0.3) is 16.7 Å². The third kappa shape index (κ3) is 3.27. The minimum atomic E-state index is -0.944. The van der Waals surface area contributed by atoms with Crippen LogP contribution in [0.3, 0.4) is 0 Å². The van der Waals surface area contributed by atoms with Gasteiger partial charge in [-0.05, 0) is 42.3 Å². The lowest BCUT2D eigenvalue weighted by atomic mass is 9.97. The summed E-state index contributed by atoms with van der Waals surface area (Å²) >= 11 is 6.11. The fraction of sp³-hybridized carbons (Fsp3) is 0.111. The van der Waals surface area contributed by atoms with Crippen molar-refractivity contribution < 1.29 is 9.90 Å². The maximum Gasteiger partial charge on any atom is 0.335 e. The van der Waals surface area contributed by atoms with E-state index in [0.717, 1.165) is 28.1 Å². The molecule has 0 bridgehead atoms. The number of hydrogen-bond donors (Lipinski definition) is 2. The highest BCUT2D eigenvalue weighted by molar-refractivity contribution is 6.30. The number of carbonyl (C=O) groups is 1. The summed E-state index contributed by atoms with van der Waals surface area (Å²) in [5, 5.41) is 12.9. The molecule has 0 unspecified atom stereocenters.